The second-order valence-electron chi connectivity index (χ2n) is 5.42. The molecule has 1 aromatic carbocycles. The maximum absolute atomic E-state index is 12.1. The lowest BCUT2D eigenvalue weighted by Gasteiger charge is -2.06. The Hall–Kier alpha value is -2.22. The van der Waals surface area contributed by atoms with Crippen LogP contribution in [0.25, 0.3) is 9.88 Å². The Morgan fingerprint density at radius 2 is 1.96 bits per heavy atom. The Balaban J connectivity index is 1.40. The van der Waals surface area contributed by atoms with Crippen LogP contribution < -0.4 is 10.6 Å². The molecule has 2 aromatic heterocycles. The minimum absolute atomic E-state index is 0.0978. The van der Waals surface area contributed by atoms with Crippen molar-refractivity contribution >= 4 is 51.8 Å². The van der Waals surface area contributed by atoms with Gasteiger partial charge in [-0.1, -0.05) is 17.7 Å². The van der Waals surface area contributed by atoms with E-state index in [2.05, 4.69) is 15.6 Å². The number of rotatable bonds is 7. The topological polar surface area (TPSA) is 71.1 Å². The maximum atomic E-state index is 12.1. The number of halogens is 1. The quantitative estimate of drug-likeness (QED) is 0.561. The maximum Gasteiger partial charge on any atom is 0.263 e. The van der Waals surface area contributed by atoms with E-state index in [4.69, 9.17) is 11.6 Å². The molecular formula is C18H16ClN3O2S2. The van der Waals surface area contributed by atoms with Crippen LogP contribution in [0.15, 0.2) is 48.0 Å². The molecule has 2 heterocycles. The van der Waals surface area contributed by atoms with E-state index >= 15 is 0 Å². The third-order valence-electron chi connectivity index (χ3n) is 3.46. The summed E-state index contributed by atoms with van der Waals surface area (Å²) in [6.07, 6.45) is 2.47. The van der Waals surface area contributed by atoms with Crippen LogP contribution in [0, 0.1) is 0 Å². The average Bonchev–Trinajstić information content (AvgIpc) is 3.31. The normalized spacial score (nSPS) is 10.5. The molecule has 0 atom stereocenters. The number of amides is 2. The summed E-state index contributed by atoms with van der Waals surface area (Å²) in [6, 6.07) is 10.9. The number of benzene rings is 1. The van der Waals surface area contributed by atoms with Crippen molar-refractivity contribution in [2.45, 2.75) is 12.8 Å². The number of aromatic nitrogens is 1. The highest BCUT2D eigenvalue weighted by Gasteiger charge is 2.12. The SMILES string of the molecule is O=C(CCCNC(=O)c1cnc(-c2cccs2)s1)Nc1ccc(Cl)cc1. The first kappa shape index (κ1) is 18.6. The van der Waals surface area contributed by atoms with Gasteiger partial charge in [0.2, 0.25) is 5.91 Å². The zero-order chi connectivity index (χ0) is 18.4. The molecule has 0 aliphatic carbocycles. The molecule has 0 aliphatic heterocycles. The lowest BCUT2D eigenvalue weighted by atomic mass is 10.2. The summed E-state index contributed by atoms with van der Waals surface area (Å²) in [7, 11) is 0. The molecule has 0 fully saturated rings. The fourth-order valence-electron chi connectivity index (χ4n) is 2.19. The number of hydrogen-bond acceptors (Lipinski definition) is 5. The predicted octanol–water partition coefficient (Wildman–Crippen LogP) is 4.67. The van der Waals surface area contributed by atoms with Gasteiger partial charge < -0.3 is 10.6 Å². The van der Waals surface area contributed by atoms with E-state index in [1.807, 2.05) is 17.5 Å². The number of nitrogens with one attached hydrogen (secondary N) is 2. The molecule has 0 saturated heterocycles. The molecule has 2 amide bonds. The van der Waals surface area contributed by atoms with Crippen molar-refractivity contribution < 1.29 is 9.59 Å². The van der Waals surface area contributed by atoms with Crippen LogP contribution in [0.5, 0.6) is 0 Å². The Morgan fingerprint density at radius 1 is 1.15 bits per heavy atom. The molecule has 8 heteroatoms. The van der Waals surface area contributed by atoms with Gasteiger partial charge in [0.25, 0.3) is 5.91 Å². The number of nitrogens with zero attached hydrogens (tertiary/aromatic N) is 1. The third-order valence-corrected chi connectivity index (χ3v) is 5.74. The van der Waals surface area contributed by atoms with Crippen molar-refractivity contribution in [3.8, 4) is 9.88 Å². The number of anilines is 1. The van der Waals surface area contributed by atoms with Crippen LogP contribution in [0.2, 0.25) is 5.02 Å². The molecule has 26 heavy (non-hydrogen) atoms. The van der Waals surface area contributed by atoms with Crippen molar-refractivity contribution in [2.24, 2.45) is 0 Å². The van der Waals surface area contributed by atoms with Gasteiger partial charge in [-0.05, 0) is 42.1 Å². The molecule has 0 bridgehead atoms. The first-order valence-electron chi connectivity index (χ1n) is 7.95. The number of thiophene rings is 1. The van der Waals surface area contributed by atoms with Crippen molar-refractivity contribution in [2.75, 3.05) is 11.9 Å². The smallest absolute Gasteiger partial charge is 0.263 e. The summed E-state index contributed by atoms with van der Waals surface area (Å²) >= 11 is 8.76. The largest absolute Gasteiger partial charge is 0.351 e. The molecule has 134 valence electrons. The van der Waals surface area contributed by atoms with Crippen molar-refractivity contribution in [3.63, 3.8) is 0 Å². The number of thiazole rings is 1. The summed E-state index contributed by atoms with van der Waals surface area (Å²) in [6.45, 7) is 0.430. The summed E-state index contributed by atoms with van der Waals surface area (Å²) < 4.78 is 0. The zero-order valence-electron chi connectivity index (χ0n) is 13.7. The van der Waals surface area contributed by atoms with Crippen molar-refractivity contribution in [1.82, 2.24) is 10.3 Å². The van der Waals surface area contributed by atoms with E-state index in [0.29, 0.717) is 35.0 Å². The van der Waals surface area contributed by atoms with E-state index in [1.54, 1.807) is 41.8 Å². The number of carbonyl (C=O) groups excluding carboxylic acids is 2. The van der Waals surface area contributed by atoms with Gasteiger partial charge in [0.15, 0.2) is 0 Å². The number of carbonyl (C=O) groups is 2. The molecule has 3 aromatic rings. The third kappa shape index (κ3) is 5.14. The lowest BCUT2D eigenvalue weighted by molar-refractivity contribution is -0.116. The highest BCUT2D eigenvalue weighted by Crippen LogP contribution is 2.28. The molecule has 5 nitrogen and oxygen atoms in total. The molecule has 3 rings (SSSR count). The van der Waals surface area contributed by atoms with E-state index in [1.165, 1.54) is 11.3 Å². The van der Waals surface area contributed by atoms with Gasteiger partial charge in [-0.3, -0.25) is 9.59 Å². The van der Waals surface area contributed by atoms with Gasteiger partial charge in [0.05, 0.1) is 11.1 Å². The summed E-state index contributed by atoms with van der Waals surface area (Å²) in [5.41, 5.74) is 0.703. The fraction of sp³-hybridized carbons (Fsp3) is 0.167. The van der Waals surface area contributed by atoms with Crippen LogP contribution in [0.3, 0.4) is 0 Å². The zero-order valence-corrected chi connectivity index (χ0v) is 16.1. The average molecular weight is 406 g/mol. The Bertz CT molecular complexity index is 876. The second kappa shape index (κ2) is 8.93. The molecular weight excluding hydrogens is 390 g/mol. The molecule has 0 radical (unpaired) electrons. The first-order chi connectivity index (χ1) is 12.6. The van der Waals surface area contributed by atoms with Crippen LogP contribution in [-0.2, 0) is 4.79 Å². The van der Waals surface area contributed by atoms with Crippen molar-refractivity contribution in [3.05, 3.63) is 57.9 Å². The highest BCUT2D eigenvalue weighted by molar-refractivity contribution is 7.21. The molecule has 2 N–H and O–H groups in total. The van der Waals surface area contributed by atoms with Gasteiger partial charge in [-0.2, -0.15) is 0 Å². The van der Waals surface area contributed by atoms with E-state index in [0.717, 1.165) is 9.88 Å². The van der Waals surface area contributed by atoms with Crippen LogP contribution in [0.4, 0.5) is 5.69 Å². The van der Waals surface area contributed by atoms with Gasteiger partial charge in [-0.15, -0.1) is 22.7 Å². The van der Waals surface area contributed by atoms with Gasteiger partial charge in [0.1, 0.15) is 9.88 Å². The first-order valence-corrected chi connectivity index (χ1v) is 10.0. The minimum Gasteiger partial charge on any atom is -0.351 e. The minimum atomic E-state index is -0.164. The standard InChI is InChI=1S/C18H16ClN3O2S2/c19-12-5-7-13(8-6-12)22-16(23)4-1-9-20-17(24)15-11-21-18(26-15)14-3-2-10-25-14/h2-3,5-8,10-11H,1,4,9H2,(H,20,24)(H,22,23). The Labute approximate surface area is 164 Å². The van der Waals surface area contributed by atoms with Gasteiger partial charge in [0, 0.05) is 23.7 Å². The van der Waals surface area contributed by atoms with Crippen LogP contribution >= 0.6 is 34.3 Å². The van der Waals surface area contributed by atoms with E-state index < -0.39 is 0 Å². The summed E-state index contributed by atoms with van der Waals surface area (Å²) in [4.78, 5) is 29.9. The summed E-state index contributed by atoms with van der Waals surface area (Å²) in [5.74, 6) is -0.261. The lowest BCUT2D eigenvalue weighted by Crippen LogP contribution is -2.24. The van der Waals surface area contributed by atoms with E-state index in [9.17, 15) is 9.59 Å². The number of hydrogen-bond donors (Lipinski definition) is 2. The van der Waals surface area contributed by atoms with Crippen LogP contribution in [-0.4, -0.2) is 23.3 Å². The highest BCUT2D eigenvalue weighted by atomic mass is 35.5. The van der Waals surface area contributed by atoms with Gasteiger partial charge >= 0.3 is 0 Å². The Kier molecular flexibility index (Phi) is 6.38. The van der Waals surface area contributed by atoms with Gasteiger partial charge in [-0.25, -0.2) is 4.98 Å². The molecule has 0 unspecified atom stereocenters. The Morgan fingerprint density at radius 3 is 2.69 bits per heavy atom. The predicted molar refractivity (Wildman–Crippen MR) is 107 cm³/mol. The monoisotopic (exact) mass is 405 g/mol. The van der Waals surface area contributed by atoms with Crippen molar-refractivity contribution in [1.29, 1.82) is 0 Å². The second-order valence-corrected chi connectivity index (χ2v) is 7.84. The fourth-order valence-corrected chi connectivity index (χ4v) is 3.95. The molecule has 0 spiro atoms. The molecule has 0 saturated carbocycles. The summed E-state index contributed by atoms with van der Waals surface area (Å²) in [5, 5.41) is 9.05. The van der Waals surface area contributed by atoms with E-state index in [-0.39, 0.29) is 11.8 Å². The van der Waals surface area contributed by atoms with Crippen LogP contribution in [0.1, 0.15) is 22.5 Å². The molecule has 0 aliphatic rings.